The molecule has 0 atom stereocenters. The molecule has 0 saturated carbocycles. The Hall–Kier alpha value is -2.83. The summed E-state index contributed by atoms with van der Waals surface area (Å²) in [5.41, 5.74) is 2.82. The fourth-order valence-corrected chi connectivity index (χ4v) is 1.95. The molecule has 0 aliphatic carbocycles. The van der Waals surface area contributed by atoms with E-state index in [4.69, 9.17) is 4.52 Å². The first-order chi connectivity index (χ1) is 10.5. The first-order valence-electron chi connectivity index (χ1n) is 6.80. The summed E-state index contributed by atoms with van der Waals surface area (Å²) in [5, 5.41) is 11.7. The van der Waals surface area contributed by atoms with E-state index in [-0.39, 0.29) is 18.4 Å². The summed E-state index contributed by atoms with van der Waals surface area (Å²) in [7, 11) is 1.54. The molecule has 0 saturated heterocycles. The molecule has 7 heteroatoms. The SMILES string of the molecule is CNC(=O)Nc1ccc(NC(=O)Cc2c(C)noc2C)cc1. The van der Waals surface area contributed by atoms with Crippen molar-refractivity contribution in [2.24, 2.45) is 0 Å². The fraction of sp³-hybridized carbons (Fsp3) is 0.267. The first kappa shape index (κ1) is 15.6. The van der Waals surface area contributed by atoms with Crippen LogP contribution in [-0.2, 0) is 11.2 Å². The molecule has 1 aromatic heterocycles. The molecule has 116 valence electrons. The van der Waals surface area contributed by atoms with E-state index in [0.717, 1.165) is 11.3 Å². The number of carbonyl (C=O) groups excluding carboxylic acids is 2. The molecule has 1 heterocycles. The van der Waals surface area contributed by atoms with E-state index in [0.29, 0.717) is 17.1 Å². The Morgan fingerprint density at radius 1 is 1.09 bits per heavy atom. The average Bonchev–Trinajstić information content (AvgIpc) is 2.81. The molecular weight excluding hydrogens is 284 g/mol. The van der Waals surface area contributed by atoms with E-state index in [1.807, 2.05) is 0 Å². The monoisotopic (exact) mass is 302 g/mol. The topological polar surface area (TPSA) is 96.3 Å². The lowest BCUT2D eigenvalue weighted by Gasteiger charge is -2.07. The van der Waals surface area contributed by atoms with Gasteiger partial charge in [-0.15, -0.1) is 0 Å². The molecule has 0 aliphatic heterocycles. The van der Waals surface area contributed by atoms with E-state index in [2.05, 4.69) is 21.1 Å². The number of anilines is 2. The van der Waals surface area contributed by atoms with Crippen LogP contribution in [0.2, 0.25) is 0 Å². The predicted molar refractivity (Wildman–Crippen MR) is 82.8 cm³/mol. The molecule has 0 aliphatic rings. The zero-order valence-corrected chi connectivity index (χ0v) is 12.7. The predicted octanol–water partition coefficient (Wildman–Crippen LogP) is 2.22. The number of rotatable bonds is 4. The van der Waals surface area contributed by atoms with Crippen molar-refractivity contribution in [3.05, 3.63) is 41.3 Å². The van der Waals surface area contributed by atoms with Crippen LogP contribution in [0.3, 0.4) is 0 Å². The highest BCUT2D eigenvalue weighted by Gasteiger charge is 2.13. The standard InChI is InChI=1S/C15H18N4O3/c1-9-13(10(2)22-19-9)8-14(20)17-11-4-6-12(7-5-11)18-15(21)16-3/h4-7H,8H2,1-3H3,(H,17,20)(H2,16,18,21). The minimum absolute atomic E-state index is 0.151. The number of carbonyl (C=O) groups is 2. The maximum atomic E-state index is 12.0. The molecular formula is C15H18N4O3. The lowest BCUT2D eigenvalue weighted by Crippen LogP contribution is -2.24. The van der Waals surface area contributed by atoms with Crippen LogP contribution >= 0.6 is 0 Å². The Kier molecular flexibility index (Phi) is 4.77. The van der Waals surface area contributed by atoms with E-state index < -0.39 is 0 Å². The van der Waals surface area contributed by atoms with Gasteiger partial charge in [-0.2, -0.15) is 0 Å². The van der Waals surface area contributed by atoms with Crippen LogP contribution < -0.4 is 16.0 Å². The van der Waals surface area contributed by atoms with Crippen molar-refractivity contribution in [3.63, 3.8) is 0 Å². The number of aryl methyl sites for hydroxylation is 2. The van der Waals surface area contributed by atoms with Gasteiger partial charge in [0.1, 0.15) is 5.76 Å². The highest BCUT2D eigenvalue weighted by atomic mass is 16.5. The third kappa shape index (κ3) is 3.85. The van der Waals surface area contributed by atoms with E-state index in [9.17, 15) is 9.59 Å². The largest absolute Gasteiger partial charge is 0.361 e. The molecule has 0 radical (unpaired) electrons. The first-order valence-corrected chi connectivity index (χ1v) is 6.80. The second-order valence-corrected chi connectivity index (χ2v) is 4.81. The van der Waals surface area contributed by atoms with Gasteiger partial charge in [-0.3, -0.25) is 4.79 Å². The number of hydrogen-bond acceptors (Lipinski definition) is 4. The van der Waals surface area contributed by atoms with Crippen LogP contribution in [0.15, 0.2) is 28.8 Å². The number of hydrogen-bond donors (Lipinski definition) is 3. The van der Waals surface area contributed by atoms with Crippen LogP contribution in [-0.4, -0.2) is 24.1 Å². The zero-order chi connectivity index (χ0) is 16.1. The van der Waals surface area contributed by atoms with Crippen LogP contribution in [0.1, 0.15) is 17.0 Å². The van der Waals surface area contributed by atoms with Crippen LogP contribution in [0.25, 0.3) is 0 Å². The Bertz CT molecular complexity index is 657. The van der Waals surface area contributed by atoms with Gasteiger partial charge in [0.05, 0.1) is 12.1 Å². The number of nitrogens with one attached hydrogen (secondary N) is 3. The van der Waals surface area contributed by atoms with Crippen molar-refractivity contribution < 1.29 is 14.1 Å². The number of aromatic nitrogens is 1. The van der Waals surface area contributed by atoms with Crippen LogP contribution in [0.4, 0.5) is 16.2 Å². The molecule has 1 aromatic carbocycles. The van der Waals surface area contributed by atoms with Crippen molar-refractivity contribution in [2.75, 3.05) is 17.7 Å². The minimum Gasteiger partial charge on any atom is -0.361 e. The summed E-state index contributed by atoms with van der Waals surface area (Å²) in [6, 6.07) is 6.56. The van der Waals surface area contributed by atoms with Crippen molar-refractivity contribution in [1.29, 1.82) is 0 Å². The van der Waals surface area contributed by atoms with Gasteiger partial charge in [-0.05, 0) is 38.1 Å². The van der Waals surface area contributed by atoms with E-state index >= 15 is 0 Å². The molecule has 7 nitrogen and oxygen atoms in total. The van der Waals surface area contributed by atoms with Gasteiger partial charge in [0.2, 0.25) is 5.91 Å². The quantitative estimate of drug-likeness (QED) is 0.807. The van der Waals surface area contributed by atoms with Crippen LogP contribution in [0.5, 0.6) is 0 Å². The van der Waals surface area contributed by atoms with Crippen molar-refractivity contribution >= 4 is 23.3 Å². The maximum absolute atomic E-state index is 12.0. The van der Waals surface area contributed by atoms with E-state index in [1.165, 1.54) is 0 Å². The normalized spacial score (nSPS) is 10.1. The van der Waals surface area contributed by atoms with Gasteiger partial charge in [0, 0.05) is 24.0 Å². The van der Waals surface area contributed by atoms with Gasteiger partial charge in [-0.1, -0.05) is 5.16 Å². The summed E-state index contributed by atoms with van der Waals surface area (Å²) in [6.07, 6.45) is 0.208. The fourth-order valence-electron chi connectivity index (χ4n) is 1.95. The Labute approximate surface area is 128 Å². The number of benzene rings is 1. The average molecular weight is 302 g/mol. The second-order valence-electron chi connectivity index (χ2n) is 4.81. The highest BCUT2D eigenvalue weighted by molar-refractivity contribution is 5.93. The molecule has 22 heavy (non-hydrogen) atoms. The van der Waals surface area contributed by atoms with E-state index in [1.54, 1.807) is 45.2 Å². The van der Waals surface area contributed by atoms with Crippen molar-refractivity contribution in [1.82, 2.24) is 10.5 Å². The minimum atomic E-state index is -0.296. The smallest absolute Gasteiger partial charge is 0.318 e. The Morgan fingerprint density at radius 2 is 1.68 bits per heavy atom. The Morgan fingerprint density at radius 3 is 2.18 bits per heavy atom. The molecule has 3 N–H and O–H groups in total. The molecule has 0 spiro atoms. The summed E-state index contributed by atoms with van der Waals surface area (Å²) in [4.78, 5) is 23.2. The van der Waals surface area contributed by atoms with Gasteiger partial charge in [0.25, 0.3) is 0 Å². The van der Waals surface area contributed by atoms with Crippen molar-refractivity contribution in [2.45, 2.75) is 20.3 Å². The number of urea groups is 1. The third-order valence-corrected chi connectivity index (χ3v) is 3.17. The van der Waals surface area contributed by atoms with Gasteiger partial charge < -0.3 is 20.5 Å². The highest BCUT2D eigenvalue weighted by Crippen LogP contribution is 2.16. The molecule has 0 fully saturated rings. The molecule has 0 unspecified atom stereocenters. The molecule has 3 amide bonds. The molecule has 0 bridgehead atoms. The lowest BCUT2D eigenvalue weighted by atomic mass is 10.1. The maximum Gasteiger partial charge on any atom is 0.318 e. The number of nitrogens with zero attached hydrogens (tertiary/aromatic N) is 1. The van der Waals surface area contributed by atoms with Crippen molar-refractivity contribution in [3.8, 4) is 0 Å². The van der Waals surface area contributed by atoms with Gasteiger partial charge >= 0.3 is 6.03 Å². The summed E-state index contributed by atoms with van der Waals surface area (Å²) in [5.74, 6) is 0.499. The summed E-state index contributed by atoms with van der Waals surface area (Å²) < 4.78 is 5.03. The number of amides is 3. The summed E-state index contributed by atoms with van der Waals surface area (Å²) >= 11 is 0. The molecule has 2 rings (SSSR count). The van der Waals surface area contributed by atoms with Gasteiger partial charge in [0.15, 0.2) is 0 Å². The summed E-state index contributed by atoms with van der Waals surface area (Å²) in [6.45, 7) is 3.58. The molecule has 2 aromatic rings. The second kappa shape index (κ2) is 6.75. The lowest BCUT2D eigenvalue weighted by molar-refractivity contribution is -0.115. The zero-order valence-electron chi connectivity index (χ0n) is 12.7. The van der Waals surface area contributed by atoms with Crippen LogP contribution in [0, 0.1) is 13.8 Å². The third-order valence-electron chi connectivity index (χ3n) is 3.17. The Balaban J connectivity index is 1.96. The van der Waals surface area contributed by atoms with Gasteiger partial charge in [-0.25, -0.2) is 4.79 Å².